The van der Waals surface area contributed by atoms with Gasteiger partial charge in [0.2, 0.25) is 11.8 Å². The Hall–Kier alpha value is -1.86. The quantitative estimate of drug-likeness (QED) is 0.821. The van der Waals surface area contributed by atoms with Gasteiger partial charge in [0, 0.05) is 26.2 Å². The summed E-state index contributed by atoms with van der Waals surface area (Å²) in [5, 5.41) is 4.85. The Morgan fingerprint density at radius 3 is 2.57 bits per heavy atom. The third-order valence-corrected chi connectivity index (χ3v) is 4.15. The summed E-state index contributed by atoms with van der Waals surface area (Å²) in [6, 6.07) is 9.11. The van der Waals surface area contributed by atoms with E-state index in [1.165, 1.54) is 16.8 Å². The predicted octanol–water partition coefficient (Wildman–Crippen LogP) is 0.962. The van der Waals surface area contributed by atoms with Crippen molar-refractivity contribution in [1.82, 2.24) is 10.0 Å². The topological polar surface area (TPSA) is 69.7 Å². The van der Waals surface area contributed by atoms with Crippen LogP contribution in [0.4, 0.5) is 5.69 Å². The number of para-hydroxylation sites is 1. The molecule has 1 saturated heterocycles. The molecule has 0 bridgehead atoms. The molecule has 0 aliphatic carbocycles. The maximum absolute atomic E-state index is 12.0. The largest absolute Gasteiger partial charge is 0.325 e. The number of amides is 3. The summed E-state index contributed by atoms with van der Waals surface area (Å²) in [6.45, 7) is 0. The first-order valence-electron chi connectivity index (χ1n) is 6.49. The average Bonchev–Trinajstić information content (AvgIpc) is 2.72. The second kappa shape index (κ2) is 6.73. The third-order valence-electron chi connectivity index (χ3n) is 2.95. The predicted molar refractivity (Wildman–Crippen MR) is 81.5 cm³/mol. The van der Waals surface area contributed by atoms with Crippen molar-refractivity contribution in [3.63, 3.8) is 0 Å². The van der Waals surface area contributed by atoms with E-state index < -0.39 is 5.25 Å². The van der Waals surface area contributed by atoms with Gasteiger partial charge in [-0.05, 0) is 12.1 Å². The van der Waals surface area contributed by atoms with Crippen molar-refractivity contribution in [2.45, 2.75) is 11.7 Å². The van der Waals surface area contributed by atoms with Gasteiger partial charge in [-0.1, -0.05) is 18.2 Å². The van der Waals surface area contributed by atoms with E-state index >= 15 is 0 Å². The lowest BCUT2D eigenvalue weighted by Crippen LogP contribution is -2.42. The Kier molecular flexibility index (Phi) is 4.98. The molecule has 21 heavy (non-hydrogen) atoms. The van der Waals surface area contributed by atoms with Crippen LogP contribution in [0.5, 0.6) is 0 Å². The van der Waals surface area contributed by atoms with E-state index in [0.717, 1.165) is 5.01 Å². The van der Waals surface area contributed by atoms with Crippen LogP contribution in [0.25, 0.3) is 0 Å². The number of rotatable bonds is 5. The fourth-order valence-corrected chi connectivity index (χ4v) is 2.96. The molecular weight excluding hydrogens is 290 g/mol. The van der Waals surface area contributed by atoms with Gasteiger partial charge in [-0.15, -0.1) is 11.8 Å². The summed E-state index contributed by atoms with van der Waals surface area (Å²) in [4.78, 5) is 35.6. The smallest absolute Gasteiger partial charge is 0.257 e. The molecule has 1 aromatic rings. The number of hydrazine groups is 1. The van der Waals surface area contributed by atoms with E-state index in [4.69, 9.17) is 0 Å². The number of hydrogen-bond acceptors (Lipinski definition) is 5. The molecule has 1 fully saturated rings. The number of thioether (sulfide) groups is 1. The highest BCUT2D eigenvalue weighted by Crippen LogP contribution is 2.25. The Morgan fingerprint density at radius 1 is 1.33 bits per heavy atom. The zero-order valence-electron chi connectivity index (χ0n) is 11.9. The highest BCUT2D eigenvalue weighted by atomic mass is 32.2. The number of hydrogen-bond donors (Lipinski definition) is 1. The molecule has 0 aromatic heterocycles. The van der Waals surface area contributed by atoms with Crippen LogP contribution in [-0.4, -0.2) is 52.8 Å². The molecule has 1 heterocycles. The van der Waals surface area contributed by atoms with E-state index in [9.17, 15) is 14.4 Å². The number of nitrogens with one attached hydrogen (secondary N) is 1. The minimum absolute atomic E-state index is 0.139. The number of imide groups is 1. The molecule has 6 nitrogen and oxygen atoms in total. The van der Waals surface area contributed by atoms with E-state index in [2.05, 4.69) is 5.32 Å². The van der Waals surface area contributed by atoms with Crippen molar-refractivity contribution < 1.29 is 14.4 Å². The molecule has 0 radical (unpaired) electrons. The van der Waals surface area contributed by atoms with Crippen molar-refractivity contribution in [3.05, 3.63) is 30.3 Å². The highest BCUT2D eigenvalue weighted by Gasteiger charge is 2.40. The Bertz CT molecular complexity index is 548. The first-order valence-corrected chi connectivity index (χ1v) is 7.54. The van der Waals surface area contributed by atoms with Gasteiger partial charge in [0.15, 0.2) is 0 Å². The maximum atomic E-state index is 12.0. The van der Waals surface area contributed by atoms with Gasteiger partial charge >= 0.3 is 0 Å². The lowest BCUT2D eigenvalue weighted by atomic mass is 10.3. The molecule has 112 valence electrons. The molecule has 2 rings (SSSR count). The lowest BCUT2D eigenvalue weighted by Gasteiger charge is -2.21. The van der Waals surface area contributed by atoms with Crippen molar-refractivity contribution in [1.29, 1.82) is 0 Å². The Balaban J connectivity index is 1.85. The molecule has 1 aromatic carbocycles. The second-order valence-electron chi connectivity index (χ2n) is 4.81. The minimum atomic E-state index is -0.485. The summed E-state index contributed by atoms with van der Waals surface area (Å²) < 4.78 is 0. The highest BCUT2D eigenvalue weighted by molar-refractivity contribution is 8.01. The SMILES string of the molecule is CN(C)N1C(=O)C[C@@H](SCC(=O)Nc2ccccc2)C1=O. The molecule has 1 N–H and O–H groups in total. The van der Waals surface area contributed by atoms with Crippen molar-refractivity contribution in [2.24, 2.45) is 0 Å². The van der Waals surface area contributed by atoms with Crippen LogP contribution in [0.2, 0.25) is 0 Å². The number of carbonyl (C=O) groups excluding carboxylic acids is 3. The first-order chi connectivity index (χ1) is 9.99. The van der Waals surface area contributed by atoms with Crippen molar-refractivity contribution in [3.8, 4) is 0 Å². The molecule has 0 spiro atoms. The summed E-state index contributed by atoms with van der Waals surface area (Å²) in [6.07, 6.45) is 0.139. The van der Waals surface area contributed by atoms with Gasteiger partial charge in [-0.25, -0.2) is 10.0 Å². The zero-order chi connectivity index (χ0) is 15.4. The molecule has 1 aliphatic heterocycles. The minimum Gasteiger partial charge on any atom is -0.325 e. The summed E-state index contributed by atoms with van der Waals surface area (Å²) >= 11 is 1.19. The molecule has 7 heteroatoms. The van der Waals surface area contributed by atoms with E-state index in [0.29, 0.717) is 5.69 Å². The van der Waals surface area contributed by atoms with Gasteiger partial charge < -0.3 is 5.32 Å². The van der Waals surface area contributed by atoms with Crippen LogP contribution in [0, 0.1) is 0 Å². The lowest BCUT2D eigenvalue weighted by molar-refractivity contribution is -0.152. The molecular formula is C14H17N3O3S. The fourth-order valence-electron chi connectivity index (χ4n) is 2.04. The third kappa shape index (κ3) is 3.83. The number of nitrogens with zero attached hydrogens (tertiary/aromatic N) is 2. The molecule has 1 atom stereocenters. The normalized spacial score (nSPS) is 18.4. The van der Waals surface area contributed by atoms with Gasteiger partial charge in [-0.3, -0.25) is 14.4 Å². The van der Waals surface area contributed by atoms with E-state index in [-0.39, 0.29) is 29.9 Å². The average molecular weight is 307 g/mol. The van der Waals surface area contributed by atoms with Gasteiger partial charge in [0.05, 0.1) is 11.0 Å². The van der Waals surface area contributed by atoms with Gasteiger partial charge in [0.1, 0.15) is 0 Å². The first kappa shape index (κ1) is 15.5. The van der Waals surface area contributed by atoms with Crippen LogP contribution in [0.1, 0.15) is 6.42 Å². The fraction of sp³-hybridized carbons (Fsp3) is 0.357. The van der Waals surface area contributed by atoms with Crippen LogP contribution < -0.4 is 5.32 Å². The molecule has 1 aliphatic rings. The standard InChI is InChI=1S/C14H17N3O3S/c1-16(2)17-13(19)8-11(14(17)20)21-9-12(18)15-10-6-4-3-5-7-10/h3-7,11H,8-9H2,1-2H3,(H,15,18)/t11-/m1/s1. The molecule has 3 amide bonds. The Labute approximate surface area is 127 Å². The van der Waals surface area contributed by atoms with Crippen LogP contribution >= 0.6 is 11.8 Å². The maximum Gasteiger partial charge on any atom is 0.257 e. The summed E-state index contributed by atoms with van der Waals surface area (Å²) in [5.41, 5.74) is 0.715. The number of carbonyl (C=O) groups is 3. The second-order valence-corrected chi connectivity index (χ2v) is 6.00. The van der Waals surface area contributed by atoms with Crippen LogP contribution in [0.15, 0.2) is 30.3 Å². The van der Waals surface area contributed by atoms with Crippen LogP contribution in [-0.2, 0) is 14.4 Å². The van der Waals surface area contributed by atoms with E-state index in [1.54, 1.807) is 26.2 Å². The van der Waals surface area contributed by atoms with Crippen molar-refractivity contribution in [2.75, 3.05) is 25.2 Å². The monoisotopic (exact) mass is 307 g/mol. The Morgan fingerprint density at radius 2 is 2.00 bits per heavy atom. The molecule has 0 unspecified atom stereocenters. The van der Waals surface area contributed by atoms with Crippen LogP contribution in [0.3, 0.4) is 0 Å². The number of anilines is 1. The zero-order valence-corrected chi connectivity index (χ0v) is 12.7. The number of benzene rings is 1. The summed E-state index contributed by atoms with van der Waals surface area (Å²) in [7, 11) is 3.29. The van der Waals surface area contributed by atoms with Crippen molar-refractivity contribution >= 4 is 35.2 Å². The van der Waals surface area contributed by atoms with E-state index in [1.807, 2.05) is 18.2 Å². The summed E-state index contributed by atoms with van der Waals surface area (Å²) in [5.74, 6) is -0.539. The van der Waals surface area contributed by atoms with Gasteiger partial charge in [0.25, 0.3) is 5.91 Å². The molecule has 0 saturated carbocycles. The van der Waals surface area contributed by atoms with Gasteiger partial charge in [-0.2, -0.15) is 0 Å².